The first-order valence-corrected chi connectivity index (χ1v) is 17.7. The fraction of sp³-hybridized carbons (Fsp3) is 0. The van der Waals surface area contributed by atoms with Crippen LogP contribution in [-0.2, 0) is 0 Å². The zero-order valence-corrected chi connectivity index (χ0v) is 26.9. The van der Waals surface area contributed by atoms with Crippen LogP contribution in [0.1, 0.15) is 0 Å². The highest BCUT2D eigenvalue weighted by Crippen LogP contribution is 2.52. The summed E-state index contributed by atoms with van der Waals surface area (Å²) in [5.41, 5.74) is 5.16. The second-order valence-corrected chi connectivity index (χ2v) is 14.8. The van der Waals surface area contributed by atoms with Gasteiger partial charge in [-0.25, -0.2) is 0 Å². The maximum absolute atomic E-state index is 2.44. The van der Waals surface area contributed by atoms with Crippen molar-refractivity contribution in [2.24, 2.45) is 0 Å². The van der Waals surface area contributed by atoms with Gasteiger partial charge in [0.15, 0.2) is 0 Å². The summed E-state index contributed by atoms with van der Waals surface area (Å²) in [7, 11) is 0. The predicted octanol–water partition coefficient (Wildman–Crippen LogP) is 14.3. The van der Waals surface area contributed by atoms with Crippen LogP contribution >= 0.6 is 0 Å². The van der Waals surface area contributed by atoms with E-state index in [-0.39, 0.29) is 0 Å². The Morgan fingerprint density at radius 2 is 0.460 bits per heavy atom. The Morgan fingerprint density at radius 1 is 0.180 bits per heavy atom. The molecule has 0 aliphatic carbocycles. The summed E-state index contributed by atoms with van der Waals surface area (Å²) in [5, 5.41) is 30.1. The Balaban J connectivity index is 1.03. The van der Waals surface area contributed by atoms with Crippen molar-refractivity contribution >= 4 is 118 Å². The van der Waals surface area contributed by atoms with Crippen molar-refractivity contribution < 1.29 is 0 Å². The lowest BCUT2D eigenvalue weighted by atomic mass is 9.89. The van der Waals surface area contributed by atoms with Crippen LogP contribution in [0.3, 0.4) is 0 Å². The van der Waals surface area contributed by atoms with Crippen LogP contribution in [-0.4, -0.2) is 0 Å². The summed E-state index contributed by atoms with van der Waals surface area (Å²) in [5.74, 6) is 0. The van der Waals surface area contributed by atoms with Gasteiger partial charge < -0.3 is 0 Å². The molecule has 0 spiro atoms. The average molecular weight is 625 g/mol. The van der Waals surface area contributed by atoms with Crippen molar-refractivity contribution in [3.8, 4) is 22.3 Å². The topological polar surface area (TPSA) is 0 Å². The van der Waals surface area contributed by atoms with Gasteiger partial charge in [0.05, 0.1) is 0 Å². The van der Waals surface area contributed by atoms with Gasteiger partial charge in [0.25, 0.3) is 0 Å². The van der Waals surface area contributed by atoms with Crippen LogP contribution in [0.15, 0.2) is 146 Å². The highest BCUT2D eigenvalue weighted by molar-refractivity contribution is 6.46. The van der Waals surface area contributed by atoms with Crippen molar-refractivity contribution in [3.05, 3.63) is 146 Å². The molecule has 14 rings (SSSR count). The van der Waals surface area contributed by atoms with Gasteiger partial charge in [0.1, 0.15) is 0 Å². The van der Waals surface area contributed by atoms with Gasteiger partial charge in [-0.15, -0.1) is 0 Å². The van der Waals surface area contributed by atoms with E-state index in [2.05, 4.69) is 146 Å². The van der Waals surface area contributed by atoms with Gasteiger partial charge in [-0.1, -0.05) is 121 Å². The number of rotatable bonds is 2. The Hall–Kier alpha value is -6.50. The van der Waals surface area contributed by atoms with E-state index in [0.717, 1.165) is 0 Å². The normalized spacial score (nSPS) is 13.2. The lowest BCUT2D eigenvalue weighted by Gasteiger charge is -2.14. The van der Waals surface area contributed by atoms with Gasteiger partial charge in [-0.3, -0.25) is 0 Å². The Morgan fingerprint density at radius 3 is 0.840 bits per heavy atom. The fourth-order valence-electron chi connectivity index (χ4n) is 10.4. The van der Waals surface area contributed by atoms with E-state index in [4.69, 9.17) is 0 Å². The molecule has 0 atom stereocenters. The third kappa shape index (κ3) is 2.68. The predicted molar refractivity (Wildman–Crippen MR) is 217 cm³/mol. The van der Waals surface area contributed by atoms with Crippen LogP contribution in [0.2, 0.25) is 0 Å². The smallest absolute Gasteiger partial charge is 0.000763 e. The van der Waals surface area contributed by atoms with E-state index >= 15 is 0 Å². The molecule has 14 aromatic rings. The molecule has 0 aliphatic rings. The van der Waals surface area contributed by atoms with Crippen LogP contribution in [0.25, 0.3) is 141 Å². The highest BCUT2D eigenvalue weighted by Gasteiger charge is 2.24. The molecule has 0 fully saturated rings. The number of hydrogen-bond donors (Lipinski definition) is 0. The lowest BCUT2D eigenvalue weighted by Crippen LogP contribution is -1.87. The first-order valence-electron chi connectivity index (χ1n) is 17.7. The fourth-order valence-corrected chi connectivity index (χ4v) is 10.4. The van der Waals surface area contributed by atoms with Crippen molar-refractivity contribution in [1.82, 2.24) is 0 Å². The monoisotopic (exact) mass is 624 g/mol. The quantitative estimate of drug-likeness (QED) is 0.168. The molecule has 0 bridgehead atoms. The number of hydrogen-bond acceptors (Lipinski definition) is 0. The molecule has 0 radical (unpaired) electrons. The van der Waals surface area contributed by atoms with Crippen LogP contribution in [0.4, 0.5) is 0 Å². The maximum Gasteiger partial charge on any atom is -0.000763 e. The second kappa shape index (κ2) is 8.03. The van der Waals surface area contributed by atoms with E-state index in [9.17, 15) is 0 Å². The van der Waals surface area contributed by atoms with Gasteiger partial charge in [0, 0.05) is 0 Å². The molecule has 0 saturated heterocycles. The molecular formula is C50H24. The molecule has 0 saturated carbocycles. The largest absolute Gasteiger partial charge is 0.0538 e. The van der Waals surface area contributed by atoms with E-state index in [0.29, 0.717) is 0 Å². The molecule has 0 nitrogen and oxygen atoms in total. The van der Waals surface area contributed by atoms with Crippen molar-refractivity contribution in [2.45, 2.75) is 0 Å². The molecule has 0 heterocycles. The molecule has 0 aromatic heterocycles. The second-order valence-electron chi connectivity index (χ2n) is 14.8. The number of benzene rings is 12. The third-order valence-corrected chi connectivity index (χ3v) is 12.5. The zero-order chi connectivity index (χ0) is 32.0. The highest BCUT2D eigenvalue weighted by atomic mass is 14.3. The molecule has 0 unspecified atom stereocenters. The Labute approximate surface area is 285 Å². The molecule has 224 valence electrons. The SMILES string of the molecule is c1cc2ccc(-c3cc4ccc5ccc6ccc7ccc3c3c7c6c5c43)cc2cc1-c1cc2ccc3ccc4ccc5ccc1c1c5c4c3c21. The van der Waals surface area contributed by atoms with Crippen LogP contribution in [0, 0.1) is 0 Å². The molecular weight excluding hydrogens is 601 g/mol. The van der Waals surface area contributed by atoms with E-state index in [1.54, 1.807) is 0 Å². The minimum atomic E-state index is 1.27. The number of fused-ring (bicyclic) bond motifs is 1. The van der Waals surface area contributed by atoms with E-state index in [1.165, 1.54) is 141 Å². The third-order valence-electron chi connectivity index (χ3n) is 12.5. The average Bonchev–Trinajstić information content (AvgIpc) is 3.73. The molecule has 0 N–H and O–H groups in total. The van der Waals surface area contributed by atoms with E-state index < -0.39 is 0 Å². The van der Waals surface area contributed by atoms with Crippen molar-refractivity contribution in [1.29, 1.82) is 0 Å². The summed E-state index contributed by atoms with van der Waals surface area (Å²) >= 11 is 0. The maximum atomic E-state index is 2.44. The minimum Gasteiger partial charge on any atom is -0.0538 e. The van der Waals surface area contributed by atoms with Gasteiger partial charge >= 0.3 is 0 Å². The van der Waals surface area contributed by atoms with E-state index in [1.807, 2.05) is 0 Å². The summed E-state index contributed by atoms with van der Waals surface area (Å²) in [6.07, 6.45) is 0. The standard InChI is InChI=1S/C50H24/c1-13-32(39-23-34-15-11-28-5-3-26-7-9-30-17-19-37(39)49-45(30)41(26)43(28)47(34)49)21-36-22-33(14-2-25(1)36)40-24-35-16-12-29-6-4-27-8-10-31-18-20-38(40)50-46(31)42(27)44(29)48(35)50/h1-24H. The molecule has 0 heteroatoms. The van der Waals surface area contributed by atoms with Gasteiger partial charge in [0.2, 0.25) is 0 Å². The first-order chi connectivity index (χ1) is 24.8. The summed E-state index contributed by atoms with van der Waals surface area (Å²) in [4.78, 5) is 0. The Bertz CT molecular complexity index is 3370. The Kier molecular flexibility index (Phi) is 3.95. The van der Waals surface area contributed by atoms with Crippen LogP contribution < -0.4 is 0 Å². The molecule has 0 aliphatic heterocycles. The molecule has 0 amide bonds. The van der Waals surface area contributed by atoms with Gasteiger partial charge in [-0.2, -0.15) is 0 Å². The lowest BCUT2D eigenvalue weighted by molar-refractivity contribution is 1.69. The summed E-state index contributed by atoms with van der Waals surface area (Å²) in [6, 6.07) is 56.0. The van der Waals surface area contributed by atoms with Gasteiger partial charge in [-0.05, 0) is 165 Å². The van der Waals surface area contributed by atoms with Crippen molar-refractivity contribution in [2.75, 3.05) is 0 Å². The first kappa shape index (κ1) is 24.6. The summed E-state index contributed by atoms with van der Waals surface area (Å²) in [6.45, 7) is 0. The molecule has 14 aromatic carbocycles. The molecule has 50 heavy (non-hydrogen) atoms. The summed E-state index contributed by atoms with van der Waals surface area (Å²) < 4.78 is 0. The minimum absolute atomic E-state index is 1.27. The van der Waals surface area contributed by atoms with Crippen LogP contribution in [0.5, 0.6) is 0 Å². The van der Waals surface area contributed by atoms with Crippen molar-refractivity contribution in [3.63, 3.8) is 0 Å². The zero-order valence-electron chi connectivity index (χ0n) is 26.9.